The van der Waals surface area contributed by atoms with Gasteiger partial charge in [0.15, 0.2) is 6.33 Å². The van der Waals surface area contributed by atoms with E-state index in [1.54, 1.807) is 4.68 Å². The van der Waals surface area contributed by atoms with E-state index in [1.165, 1.54) is 10.7 Å². The van der Waals surface area contributed by atoms with E-state index in [1.807, 2.05) is 31.3 Å². The van der Waals surface area contributed by atoms with Crippen molar-refractivity contribution >= 4 is 16.6 Å². The molecular weight excluding hydrogens is 192 g/mol. The molecule has 0 amide bonds. The van der Waals surface area contributed by atoms with Crippen LogP contribution in [0.3, 0.4) is 0 Å². The SMILES string of the molecule is C[n+]1[nH]c(=O)n2cnc3ccccc3c21. The Morgan fingerprint density at radius 1 is 1.40 bits per heavy atom. The summed E-state index contributed by atoms with van der Waals surface area (Å²) in [7, 11) is 1.81. The van der Waals surface area contributed by atoms with E-state index >= 15 is 0 Å². The van der Waals surface area contributed by atoms with Crippen molar-refractivity contribution in [1.29, 1.82) is 0 Å². The first-order chi connectivity index (χ1) is 7.27. The number of aromatic amines is 1. The number of aryl methyl sites for hydroxylation is 1. The fourth-order valence-corrected chi connectivity index (χ4v) is 1.82. The number of benzene rings is 1. The Morgan fingerprint density at radius 3 is 3.07 bits per heavy atom. The summed E-state index contributed by atoms with van der Waals surface area (Å²) in [5.41, 5.74) is 1.53. The molecule has 0 radical (unpaired) electrons. The van der Waals surface area contributed by atoms with Crippen molar-refractivity contribution < 1.29 is 4.68 Å². The lowest BCUT2D eigenvalue weighted by molar-refractivity contribution is -0.704. The summed E-state index contributed by atoms with van der Waals surface area (Å²) in [6.07, 6.45) is 1.54. The fourth-order valence-electron chi connectivity index (χ4n) is 1.82. The number of para-hydroxylation sites is 1. The third-order valence-corrected chi connectivity index (χ3v) is 2.49. The third-order valence-electron chi connectivity index (χ3n) is 2.49. The van der Waals surface area contributed by atoms with Crippen molar-refractivity contribution in [2.24, 2.45) is 7.05 Å². The molecule has 0 saturated heterocycles. The Hall–Kier alpha value is -2.17. The molecule has 15 heavy (non-hydrogen) atoms. The fraction of sp³-hybridized carbons (Fsp3) is 0.100. The number of aromatic nitrogens is 4. The lowest BCUT2D eigenvalue weighted by Crippen LogP contribution is -2.32. The highest BCUT2D eigenvalue weighted by molar-refractivity contribution is 5.89. The number of fused-ring (bicyclic) bond motifs is 3. The number of hydrogen-bond acceptors (Lipinski definition) is 2. The molecule has 0 aliphatic carbocycles. The maximum atomic E-state index is 11.5. The molecule has 0 atom stereocenters. The molecule has 1 aromatic carbocycles. The van der Waals surface area contributed by atoms with Crippen molar-refractivity contribution in [3.8, 4) is 0 Å². The van der Waals surface area contributed by atoms with Gasteiger partial charge in [0.25, 0.3) is 0 Å². The van der Waals surface area contributed by atoms with E-state index in [2.05, 4.69) is 10.1 Å². The van der Waals surface area contributed by atoms with Crippen LogP contribution in [0.5, 0.6) is 0 Å². The van der Waals surface area contributed by atoms with Gasteiger partial charge in [-0.15, -0.1) is 4.40 Å². The number of hydrogen-bond donors (Lipinski definition) is 1. The molecule has 2 heterocycles. The first-order valence-electron chi connectivity index (χ1n) is 4.61. The van der Waals surface area contributed by atoms with Crippen molar-refractivity contribution in [3.63, 3.8) is 0 Å². The summed E-state index contributed by atoms with van der Waals surface area (Å²) in [5, 5.41) is 3.65. The minimum Gasteiger partial charge on any atom is -0.216 e. The van der Waals surface area contributed by atoms with E-state index in [4.69, 9.17) is 0 Å². The normalized spacial score (nSPS) is 11.3. The molecule has 74 valence electrons. The molecule has 0 bridgehead atoms. The van der Waals surface area contributed by atoms with E-state index in [9.17, 15) is 4.79 Å². The maximum absolute atomic E-state index is 11.5. The maximum Gasteiger partial charge on any atom is 0.450 e. The summed E-state index contributed by atoms with van der Waals surface area (Å²) >= 11 is 0. The molecule has 0 unspecified atom stereocenters. The monoisotopic (exact) mass is 201 g/mol. The van der Waals surface area contributed by atoms with Gasteiger partial charge >= 0.3 is 11.3 Å². The van der Waals surface area contributed by atoms with Gasteiger partial charge in [0.05, 0.1) is 10.9 Å². The second-order valence-corrected chi connectivity index (χ2v) is 3.43. The highest BCUT2D eigenvalue weighted by Gasteiger charge is 2.15. The molecule has 5 nitrogen and oxygen atoms in total. The summed E-state index contributed by atoms with van der Waals surface area (Å²) in [6, 6.07) is 7.73. The minimum atomic E-state index is -0.175. The van der Waals surface area contributed by atoms with Crippen molar-refractivity contribution in [1.82, 2.24) is 14.5 Å². The molecule has 0 fully saturated rings. The van der Waals surface area contributed by atoms with Gasteiger partial charge in [-0.1, -0.05) is 12.1 Å². The van der Waals surface area contributed by atoms with Gasteiger partial charge in [0, 0.05) is 0 Å². The highest BCUT2D eigenvalue weighted by Crippen LogP contribution is 2.12. The summed E-state index contributed by atoms with van der Waals surface area (Å²) in [4.78, 5) is 15.7. The van der Waals surface area contributed by atoms with E-state index < -0.39 is 0 Å². The molecule has 5 heteroatoms. The number of H-pyrrole nitrogens is 1. The van der Waals surface area contributed by atoms with Crippen LogP contribution in [-0.4, -0.2) is 14.5 Å². The Bertz CT molecular complexity index is 710. The van der Waals surface area contributed by atoms with Crippen LogP contribution >= 0.6 is 0 Å². The van der Waals surface area contributed by atoms with E-state index in [0.29, 0.717) is 0 Å². The predicted octanol–water partition coefficient (Wildman–Crippen LogP) is 0.000300. The number of nitrogens with one attached hydrogen (secondary N) is 1. The van der Waals surface area contributed by atoms with Crippen molar-refractivity contribution in [2.75, 3.05) is 0 Å². The Kier molecular flexibility index (Phi) is 1.45. The van der Waals surface area contributed by atoms with E-state index in [0.717, 1.165) is 16.6 Å². The summed E-state index contributed by atoms with van der Waals surface area (Å²) in [6.45, 7) is 0. The van der Waals surface area contributed by atoms with Gasteiger partial charge in [0.1, 0.15) is 7.05 Å². The quantitative estimate of drug-likeness (QED) is 0.520. The molecular formula is C10H9N4O+. The highest BCUT2D eigenvalue weighted by atomic mass is 16.1. The second kappa shape index (κ2) is 2.66. The average Bonchev–Trinajstić information content (AvgIpc) is 2.55. The zero-order chi connectivity index (χ0) is 10.4. The topological polar surface area (TPSA) is 54.0 Å². The molecule has 0 aliphatic rings. The van der Waals surface area contributed by atoms with Gasteiger partial charge in [-0.05, 0) is 12.1 Å². The number of nitrogens with zero attached hydrogens (tertiary/aromatic N) is 3. The molecule has 3 rings (SSSR count). The van der Waals surface area contributed by atoms with Crippen LogP contribution in [0.15, 0.2) is 35.4 Å². The molecule has 0 saturated carbocycles. The van der Waals surface area contributed by atoms with Crippen LogP contribution < -0.4 is 10.4 Å². The smallest absolute Gasteiger partial charge is 0.216 e. The molecule has 3 aromatic rings. The second-order valence-electron chi connectivity index (χ2n) is 3.43. The van der Waals surface area contributed by atoms with Gasteiger partial charge in [0.2, 0.25) is 0 Å². The average molecular weight is 201 g/mol. The Balaban J connectivity index is 2.70. The molecule has 0 spiro atoms. The molecule has 0 aliphatic heterocycles. The van der Waals surface area contributed by atoms with Crippen LogP contribution in [0.25, 0.3) is 16.6 Å². The van der Waals surface area contributed by atoms with Gasteiger partial charge in [-0.3, -0.25) is 0 Å². The van der Waals surface area contributed by atoms with Gasteiger partial charge < -0.3 is 0 Å². The van der Waals surface area contributed by atoms with Crippen LogP contribution in [0.4, 0.5) is 0 Å². The van der Waals surface area contributed by atoms with Crippen LogP contribution in [0, 0.1) is 0 Å². The minimum absolute atomic E-state index is 0.175. The van der Waals surface area contributed by atoms with Gasteiger partial charge in [-0.2, -0.15) is 9.78 Å². The zero-order valence-corrected chi connectivity index (χ0v) is 8.14. The first-order valence-corrected chi connectivity index (χ1v) is 4.61. The lowest BCUT2D eigenvalue weighted by atomic mass is 10.2. The van der Waals surface area contributed by atoms with Crippen LogP contribution in [0.1, 0.15) is 0 Å². The first kappa shape index (κ1) is 8.16. The largest absolute Gasteiger partial charge is 0.450 e. The standard InChI is InChI=1S/C10H8N4O/c1-13-9-7-4-2-3-5-8(7)11-6-14(9)10(15)12-13/h2-6H,1H3/p+1. The van der Waals surface area contributed by atoms with Crippen molar-refractivity contribution in [3.05, 3.63) is 41.1 Å². The van der Waals surface area contributed by atoms with Gasteiger partial charge in [-0.25, -0.2) is 9.78 Å². The Labute approximate surface area is 84.6 Å². The molecule has 2 aromatic heterocycles. The number of rotatable bonds is 0. The zero-order valence-electron chi connectivity index (χ0n) is 8.14. The summed E-state index contributed by atoms with van der Waals surface area (Å²) in [5.74, 6) is 0. The van der Waals surface area contributed by atoms with Crippen molar-refractivity contribution in [2.45, 2.75) is 0 Å². The molecule has 1 N–H and O–H groups in total. The lowest BCUT2D eigenvalue weighted by Gasteiger charge is -1.93. The third kappa shape index (κ3) is 0.999. The van der Waals surface area contributed by atoms with Crippen LogP contribution in [0.2, 0.25) is 0 Å². The van der Waals surface area contributed by atoms with E-state index in [-0.39, 0.29) is 5.69 Å². The summed E-state index contributed by atoms with van der Waals surface area (Å²) < 4.78 is 3.20. The predicted molar refractivity (Wildman–Crippen MR) is 54.5 cm³/mol. The Morgan fingerprint density at radius 2 is 2.20 bits per heavy atom. The van der Waals surface area contributed by atoms with Crippen LogP contribution in [-0.2, 0) is 7.05 Å².